The van der Waals surface area contributed by atoms with Crippen LogP contribution >= 0.6 is 11.3 Å². The molecule has 3 nitrogen and oxygen atoms in total. The summed E-state index contributed by atoms with van der Waals surface area (Å²) in [5.41, 5.74) is 0.924. The van der Waals surface area contributed by atoms with E-state index in [9.17, 15) is 4.79 Å². The third kappa shape index (κ3) is 2.27. The Balaban J connectivity index is 1.69. The molecule has 0 N–H and O–H groups in total. The highest BCUT2D eigenvalue weighted by Crippen LogP contribution is 2.25. The number of thiazole rings is 1. The molecule has 0 aliphatic heterocycles. The van der Waals surface area contributed by atoms with E-state index in [1.807, 2.05) is 22.2 Å². The van der Waals surface area contributed by atoms with E-state index in [-0.39, 0.29) is 0 Å². The van der Waals surface area contributed by atoms with E-state index in [0.717, 1.165) is 23.5 Å². The Morgan fingerprint density at radius 3 is 3.00 bits per heavy atom. The van der Waals surface area contributed by atoms with E-state index in [1.165, 1.54) is 19.3 Å². The van der Waals surface area contributed by atoms with Gasteiger partial charge in [0.2, 0.25) is 0 Å². The van der Waals surface area contributed by atoms with Crippen LogP contribution in [0.25, 0.3) is 4.96 Å². The van der Waals surface area contributed by atoms with Gasteiger partial charge in [0.25, 0.3) is 0 Å². The van der Waals surface area contributed by atoms with Gasteiger partial charge in [-0.1, -0.05) is 19.3 Å². The van der Waals surface area contributed by atoms with Crippen molar-refractivity contribution in [2.24, 2.45) is 5.92 Å². The number of hydrogen-bond donors (Lipinski definition) is 0. The van der Waals surface area contributed by atoms with Gasteiger partial charge < -0.3 is 0 Å². The Kier molecular flexibility index (Phi) is 2.97. The molecule has 2 heterocycles. The highest BCUT2D eigenvalue weighted by Gasteiger charge is 2.21. The molecule has 0 bridgehead atoms. The summed E-state index contributed by atoms with van der Waals surface area (Å²) in [6.07, 6.45) is 10.4. The van der Waals surface area contributed by atoms with E-state index < -0.39 is 0 Å². The molecule has 2 aromatic heterocycles. The molecule has 90 valence electrons. The van der Waals surface area contributed by atoms with Crippen LogP contribution in [0.5, 0.6) is 0 Å². The highest BCUT2D eigenvalue weighted by atomic mass is 32.1. The van der Waals surface area contributed by atoms with Crippen LogP contribution in [0.1, 0.15) is 37.8 Å². The minimum absolute atomic E-state index is 0.295. The first-order valence-electron chi connectivity index (χ1n) is 6.27. The number of carbonyl (C=O) groups is 1. The molecule has 0 spiro atoms. The molecule has 17 heavy (non-hydrogen) atoms. The second-order valence-corrected chi connectivity index (χ2v) is 5.68. The number of fused-ring (bicyclic) bond motifs is 1. The fourth-order valence-corrected chi connectivity index (χ4v) is 3.33. The fourth-order valence-electron chi connectivity index (χ4n) is 2.61. The maximum Gasteiger partial charge on any atom is 0.193 e. The lowest BCUT2D eigenvalue weighted by Gasteiger charge is -2.19. The average molecular weight is 248 g/mol. The first-order valence-corrected chi connectivity index (χ1v) is 7.15. The van der Waals surface area contributed by atoms with Crippen LogP contribution in [0.3, 0.4) is 0 Å². The summed E-state index contributed by atoms with van der Waals surface area (Å²) < 4.78 is 1.99. The Morgan fingerprint density at radius 2 is 2.24 bits per heavy atom. The monoisotopic (exact) mass is 248 g/mol. The van der Waals surface area contributed by atoms with E-state index in [2.05, 4.69) is 4.98 Å². The average Bonchev–Trinajstić information content (AvgIpc) is 2.90. The smallest absolute Gasteiger partial charge is 0.193 e. The number of aromatic nitrogens is 2. The third-order valence-corrected chi connectivity index (χ3v) is 4.33. The predicted molar refractivity (Wildman–Crippen MR) is 68.4 cm³/mol. The van der Waals surface area contributed by atoms with Crippen molar-refractivity contribution in [2.45, 2.75) is 38.5 Å². The van der Waals surface area contributed by atoms with Crippen molar-refractivity contribution in [3.63, 3.8) is 0 Å². The first-order chi connectivity index (χ1) is 8.33. The molecule has 3 rings (SSSR count). The highest BCUT2D eigenvalue weighted by molar-refractivity contribution is 7.15. The fraction of sp³-hybridized carbons (Fsp3) is 0.538. The summed E-state index contributed by atoms with van der Waals surface area (Å²) in [5.74, 6) is 0.680. The first kappa shape index (κ1) is 11.0. The molecule has 0 unspecified atom stereocenters. The summed E-state index contributed by atoms with van der Waals surface area (Å²) in [6, 6.07) is 0. The summed E-state index contributed by atoms with van der Waals surface area (Å²) in [5, 5.41) is 2.01. The molecular weight excluding hydrogens is 232 g/mol. The van der Waals surface area contributed by atoms with E-state index in [1.54, 1.807) is 11.3 Å². The van der Waals surface area contributed by atoms with E-state index >= 15 is 0 Å². The van der Waals surface area contributed by atoms with Crippen LogP contribution in [0.15, 0.2) is 17.8 Å². The lowest BCUT2D eigenvalue weighted by molar-refractivity contribution is -0.123. The molecular formula is C13H16N2OS. The number of hydrogen-bond acceptors (Lipinski definition) is 3. The van der Waals surface area contributed by atoms with Crippen LogP contribution < -0.4 is 0 Å². The van der Waals surface area contributed by atoms with Crippen molar-refractivity contribution >= 4 is 22.1 Å². The maximum absolute atomic E-state index is 12.1. The third-order valence-electron chi connectivity index (χ3n) is 3.56. The van der Waals surface area contributed by atoms with Crippen LogP contribution in [-0.2, 0) is 11.2 Å². The quantitative estimate of drug-likeness (QED) is 0.836. The van der Waals surface area contributed by atoms with Crippen LogP contribution in [0, 0.1) is 5.92 Å². The van der Waals surface area contributed by atoms with Gasteiger partial charge in [0.1, 0.15) is 5.78 Å². The van der Waals surface area contributed by atoms with Crippen molar-refractivity contribution in [3.05, 3.63) is 23.5 Å². The van der Waals surface area contributed by atoms with Gasteiger partial charge in [0.05, 0.1) is 12.1 Å². The molecule has 0 saturated heterocycles. The lowest BCUT2D eigenvalue weighted by atomic mass is 9.85. The van der Waals surface area contributed by atoms with Crippen molar-refractivity contribution in [3.8, 4) is 0 Å². The molecule has 1 saturated carbocycles. The minimum atomic E-state index is 0.295. The topological polar surface area (TPSA) is 34.4 Å². The van der Waals surface area contributed by atoms with Crippen molar-refractivity contribution in [1.82, 2.24) is 9.38 Å². The summed E-state index contributed by atoms with van der Waals surface area (Å²) in [6.45, 7) is 0. The van der Waals surface area contributed by atoms with Gasteiger partial charge in [-0.25, -0.2) is 4.98 Å². The van der Waals surface area contributed by atoms with Crippen molar-refractivity contribution in [2.75, 3.05) is 0 Å². The number of rotatable bonds is 3. The zero-order valence-corrected chi connectivity index (χ0v) is 10.6. The van der Waals surface area contributed by atoms with Gasteiger partial charge in [0, 0.05) is 23.7 Å². The van der Waals surface area contributed by atoms with E-state index in [4.69, 9.17) is 0 Å². The largest absolute Gasteiger partial charge is 0.299 e. The molecule has 1 aliphatic rings. The molecule has 4 heteroatoms. The van der Waals surface area contributed by atoms with Crippen LogP contribution in [-0.4, -0.2) is 15.2 Å². The van der Waals surface area contributed by atoms with Gasteiger partial charge in [-0.2, -0.15) is 0 Å². The standard InChI is InChI=1S/C13H16N2OS/c16-12(10-4-2-1-3-5-10)8-11-9-15-6-7-17-13(15)14-11/h6-7,9-10H,1-5,8H2. The summed E-state index contributed by atoms with van der Waals surface area (Å²) in [7, 11) is 0. The van der Waals surface area contributed by atoms with Crippen LogP contribution in [0.2, 0.25) is 0 Å². The minimum Gasteiger partial charge on any atom is -0.299 e. The van der Waals surface area contributed by atoms with Gasteiger partial charge in [0.15, 0.2) is 4.96 Å². The van der Waals surface area contributed by atoms with E-state index in [0.29, 0.717) is 18.1 Å². The molecule has 1 fully saturated rings. The predicted octanol–water partition coefficient (Wildman–Crippen LogP) is 3.09. The molecule has 0 atom stereocenters. The number of carbonyl (C=O) groups excluding carboxylic acids is 1. The number of nitrogens with zero attached hydrogens (tertiary/aromatic N) is 2. The Morgan fingerprint density at radius 1 is 1.41 bits per heavy atom. The van der Waals surface area contributed by atoms with Gasteiger partial charge in [-0.05, 0) is 12.8 Å². The molecule has 0 amide bonds. The summed E-state index contributed by atoms with van der Waals surface area (Å²) in [4.78, 5) is 17.6. The molecule has 2 aromatic rings. The van der Waals surface area contributed by atoms with Crippen molar-refractivity contribution in [1.29, 1.82) is 0 Å². The number of Topliss-reactive ketones (excluding diaryl/α,β-unsaturated/α-hetero) is 1. The lowest BCUT2D eigenvalue weighted by Crippen LogP contribution is -2.19. The maximum atomic E-state index is 12.1. The SMILES string of the molecule is O=C(Cc1cn2ccsc2n1)C1CCCCC1. The van der Waals surface area contributed by atoms with Gasteiger partial charge in [-0.15, -0.1) is 11.3 Å². The Hall–Kier alpha value is -1.16. The Bertz CT molecular complexity index is 494. The van der Waals surface area contributed by atoms with Gasteiger partial charge >= 0.3 is 0 Å². The zero-order valence-electron chi connectivity index (χ0n) is 9.76. The second kappa shape index (κ2) is 4.61. The number of ketones is 1. The molecule has 0 radical (unpaired) electrons. The Labute approximate surface area is 104 Å². The summed E-state index contributed by atoms with van der Waals surface area (Å²) >= 11 is 1.61. The van der Waals surface area contributed by atoms with Crippen LogP contribution in [0.4, 0.5) is 0 Å². The molecule has 1 aliphatic carbocycles. The number of imidazole rings is 1. The normalized spacial score (nSPS) is 17.6. The van der Waals surface area contributed by atoms with Crippen molar-refractivity contribution < 1.29 is 4.79 Å². The molecule has 0 aromatic carbocycles. The zero-order chi connectivity index (χ0) is 11.7. The second-order valence-electron chi connectivity index (χ2n) is 4.80. The van der Waals surface area contributed by atoms with Gasteiger partial charge in [-0.3, -0.25) is 9.20 Å².